The summed E-state index contributed by atoms with van der Waals surface area (Å²) in [5.41, 5.74) is 7.82. The van der Waals surface area contributed by atoms with Crippen LogP contribution in [0.1, 0.15) is 6.42 Å². The fraction of sp³-hybridized carbons (Fsp3) is 0.333. The first kappa shape index (κ1) is 13.7. The SMILES string of the molecule is Nc1nc(N2CC3C[C@@H]2CN3)c2oc3ccc(Cl)c(Cl)c3c2n1. The van der Waals surface area contributed by atoms with Gasteiger partial charge in [-0.2, -0.15) is 4.98 Å². The second kappa shape index (κ2) is 4.63. The van der Waals surface area contributed by atoms with E-state index in [-0.39, 0.29) is 5.95 Å². The molecule has 0 amide bonds. The van der Waals surface area contributed by atoms with Crippen LogP contribution in [0, 0.1) is 0 Å². The summed E-state index contributed by atoms with van der Waals surface area (Å²) in [6, 6.07) is 4.41. The normalized spacial score (nSPS) is 23.5. The predicted molar refractivity (Wildman–Crippen MR) is 91.3 cm³/mol. The average molecular weight is 350 g/mol. The molecule has 2 fully saturated rings. The smallest absolute Gasteiger partial charge is 0.222 e. The van der Waals surface area contributed by atoms with E-state index < -0.39 is 0 Å². The van der Waals surface area contributed by atoms with Gasteiger partial charge in [-0.3, -0.25) is 0 Å². The van der Waals surface area contributed by atoms with Gasteiger partial charge in [0.25, 0.3) is 0 Å². The molecule has 3 aromatic rings. The van der Waals surface area contributed by atoms with Crippen LogP contribution in [0.2, 0.25) is 10.0 Å². The fourth-order valence-corrected chi connectivity index (χ4v) is 4.09. The molecule has 2 aliphatic heterocycles. The molecule has 2 saturated heterocycles. The average Bonchev–Trinajstić information content (AvgIpc) is 3.23. The topological polar surface area (TPSA) is 80.2 Å². The Labute approximate surface area is 141 Å². The summed E-state index contributed by atoms with van der Waals surface area (Å²) in [6.45, 7) is 1.84. The van der Waals surface area contributed by atoms with Gasteiger partial charge >= 0.3 is 0 Å². The Morgan fingerprint density at radius 1 is 1.30 bits per heavy atom. The summed E-state index contributed by atoms with van der Waals surface area (Å²) in [7, 11) is 0. The number of fused-ring (bicyclic) bond motifs is 5. The number of hydrogen-bond donors (Lipinski definition) is 2. The van der Waals surface area contributed by atoms with Gasteiger partial charge in [-0.05, 0) is 18.6 Å². The number of nitrogens with one attached hydrogen (secondary N) is 1. The zero-order chi connectivity index (χ0) is 15.7. The summed E-state index contributed by atoms with van der Waals surface area (Å²) in [5, 5.41) is 5.05. The van der Waals surface area contributed by atoms with Crippen molar-refractivity contribution < 1.29 is 4.42 Å². The highest BCUT2D eigenvalue weighted by Crippen LogP contribution is 2.41. The van der Waals surface area contributed by atoms with Crippen molar-refractivity contribution in [1.29, 1.82) is 0 Å². The van der Waals surface area contributed by atoms with Crippen molar-refractivity contribution in [3.63, 3.8) is 0 Å². The lowest BCUT2D eigenvalue weighted by molar-refractivity contribution is 0.572. The van der Waals surface area contributed by atoms with Crippen LogP contribution < -0.4 is 16.0 Å². The molecular formula is C15H13Cl2N5O. The molecule has 8 heteroatoms. The lowest BCUT2D eigenvalue weighted by Gasteiger charge is -2.28. The Hall–Kier alpha value is -1.76. The van der Waals surface area contributed by atoms with Crippen LogP contribution in [0.4, 0.5) is 11.8 Å². The lowest BCUT2D eigenvalue weighted by Crippen LogP contribution is -2.44. The molecule has 1 unspecified atom stereocenters. The lowest BCUT2D eigenvalue weighted by atomic mass is 10.2. The summed E-state index contributed by atoms with van der Waals surface area (Å²) < 4.78 is 6.01. The van der Waals surface area contributed by atoms with Crippen molar-refractivity contribution in [3.05, 3.63) is 22.2 Å². The quantitative estimate of drug-likeness (QED) is 0.703. The Morgan fingerprint density at radius 3 is 2.91 bits per heavy atom. The number of furan rings is 1. The minimum atomic E-state index is 0.210. The van der Waals surface area contributed by atoms with Crippen molar-refractivity contribution in [2.75, 3.05) is 23.7 Å². The largest absolute Gasteiger partial charge is 0.450 e. The summed E-state index contributed by atoms with van der Waals surface area (Å²) in [5.74, 6) is 0.951. The van der Waals surface area contributed by atoms with Crippen LogP contribution in [0.15, 0.2) is 16.5 Å². The van der Waals surface area contributed by atoms with Gasteiger partial charge in [-0.25, -0.2) is 4.98 Å². The van der Waals surface area contributed by atoms with E-state index in [0.29, 0.717) is 44.2 Å². The van der Waals surface area contributed by atoms with E-state index in [1.165, 1.54) is 0 Å². The van der Waals surface area contributed by atoms with E-state index in [2.05, 4.69) is 20.2 Å². The van der Waals surface area contributed by atoms with Gasteiger partial charge in [0.15, 0.2) is 11.4 Å². The Bertz CT molecular complexity index is 956. The van der Waals surface area contributed by atoms with Crippen LogP contribution in [0.3, 0.4) is 0 Å². The van der Waals surface area contributed by atoms with Crippen LogP contribution in [-0.4, -0.2) is 35.1 Å². The van der Waals surface area contributed by atoms with Crippen LogP contribution in [0.5, 0.6) is 0 Å². The number of nitrogens with two attached hydrogens (primary N) is 1. The molecular weight excluding hydrogens is 337 g/mol. The third-order valence-electron chi connectivity index (χ3n) is 4.70. The highest BCUT2D eigenvalue weighted by atomic mass is 35.5. The number of benzene rings is 1. The first-order chi connectivity index (χ1) is 11.1. The first-order valence-corrected chi connectivity index (χ1v) is 8.21. The molecule has 3 N–H and O–H groups in total. The second-order valence-corrected chi connectivity index (χ2v) is 6.85. The standard InChI is InChI=1S/C15H13Cl2N5O/c16-8-1-2-9-10(11(8)17)12-13(23-9)14(21-15(18)20-12)22-5-6-3-7(22)4-19-6/h1-2,6-7,19H,3-5H2,(H2,18,20,21)/t6?,7-/m1/s1. The third kappa shape index (κ3) is 1.86. The zero-order valence-corrected chi connectivity index (χ0v) is 13.5. The molecule has 0 radical (unpaired) electrons. The van der Waals surface area contributed by atoms with Gasteiger partial charge in [0.2, 0.25) is 5.95 Å². The van der Waals surface area contributed by atoms with Crippen LogP contribution in [-0.2, 0) is 0 Å². The van der Waals surface area contributed by atoms with Crippen LogP contribution in [0.25, 0.3) is 22.1 Å². The molecule has 4 heterocycles. The number of rotatable bonds is 1. The molecule has 1 aromatic carbocycles. The Morgan fingerprint density at radius 2 is 2.17 bits per heavy atom. The molecule has 0 saturated carbocycles. The molecule has 5 rings (SSSR count). The zero-order valence-electron chi connectivity index (χ0n) is 12.0. The van der Waals surface area contributed by atoms with Crippen molar-refractivity contribution >= 4 is 57.0 Å². The van der Waals surface area contributed by atoms with Crippen molar-refractivity contribution in [2.45, 2.75) is 18.5 Å². The number of nitrogen functional groups attached to an aromatic ring is 1. The highest BCUT2D eigenvalue weighted by Gasteiger charge is 2.39. The molecule has 0 spiro atoms. The maximum Gasteiger partial charge on any atom is 0.222 e. The molecule has 118 valence electrons. The van der Waals surface area contributed by atoms with E-state index in [1.807, 2.05) is 0 Å². The number of hydrogen-bond acceptors (Lipinski definition) is 6. The molecule has 2 bridgehead atoms. The van der Waals surface area contributed by atoms with E-state index >= 15 is 0 Å². The molecule has 6 nitrogen and oxygen atoms in total. The van der Waals surface area contributed by atoms with Gasteiger partial charge in [0.1, 0.15) is 11.1 Å². The summed E-state index contributed by atoms with van der Waals surface area (Å²) in [4.78, 5) is 11.0. The van der Waals surface area contributed by atoms with Crippen molar-refractivity contribution in [1.82, 2.24) is 15.3 Å². The molecule has 2 atom stereocenters. The number of aromatic nitrogens is 2. The van der Waals surface area contributed by atoms with E-state index in [9.17, 15) is 0 Å². The minimum Gasteiger partial charge on any atom is -0.450 e. The predicted octanol–water partition coefficient (Wildman–Crippen LogP) is 2.82. The molecule has 2 aliphatic rings. The number of piperazine rings is 1. The maximum atomic E-state index is 6.36. The van der Waals surface area contributed by atoms with Crippen molar-refractivity contribution in [3.8, 4) is 0 Å². The van der Waals surface area contributed by atoms with Gasteiger partial charge in [-0.15, -0.1) is 0 Å². The van der Waals surface area contributed by atoms with E-state index in [0.717, 1.165) is 25.3 Å². The fourth-order valence-electron chi connectivity index (χ4n) is 3.68. The van der Waals surface area contributed by atoms with E-state index in [1.54, 1.807) is 12.1 Å². The number of anilines is 2. The Balaban J connectivity index is 1.82. The van der Waals surface area contributed by atoms with Crippen molar-refractivity contribution in [2.24, 2.45) is 0 Å². The third-order valence-corrected chi connectivity index (χ3v) is 5.50. The van der Waals surface area contributed by atoms with E-state index in [4.69, 9.17) is 33.4 Å². The maximum absolute atomic E-state index is 6.36. The number of halogens is 2. The van der Waals surface area contributed by atoms with Gasteiger partial charge in [0, 0.05) is 25.2 Å². The highest BCUT2D eigenvalue weighted by molar-refractivity contribution is 6.46. The molecule has 23 heavy (non-hydrogen) atoms. The van der Waals surface area contributed by atoms with Gasteiger partial charge in [-0.1, -0.05) is 23.2 Å². The van der Waals surface area contributed by atoms with Gasteiger partial charge < -0.3 is 20.4 Å². The Kier molecular flexibility index (Phi) is 2.75. The monoisotopic (exact) mass is 349 g/mol. The number of nitrogens with zero attached hydrogens (tertiary/aromatic N) is 3. The summed E-state index contributed by atoms with van der Waals surface area (Å²) in [6.07, 6.45) is 1.11. The summed E-state index contributed by atoms with van der Waals surface area (Å²) >= 11 is 12.5. The molecule has 0 aliphatic carbocycles. The molecule has 2 aromatic heterocycles. The van der Waals surface area contributed by atoms with Gasteiger partial charge in [0.05, 0.1) is 15.4 Å². The first-order valence-electron chi connectivity index (χ1n) is 7.45. The second-order valence-electron chi connectivity index (χ2n) is 6.07. The van der Waals surface area contributed by atoms with Crippen LogP contribution >= 0.6 is 23.2 Å². The minimum absolute atomic E-state index is 0.210.